The van der Waals surface area contributed by atoms with E-state index in [1.165, 1.54) is 103 Å². The lowest BCUT2D eigenvalue weighted by Crippen LogP contribution is -2.50. The van der Waals surface area contributed by atoms with Crippen LogP contribution in [0.4, 0.5) is 0 Å². The molecule has 212 valence electrons. The zero-order chi connectivity index (χ0) is 26.5. The van der Waals surface area contributed by atoms with Gasteiger partial charge in [0, 0.05) is 5.25 Å². The number of allylic oxidation sites excluding steroid dienone is 2. The van der Waals surface area contributed by atoms with Gasteiger partial charge >= 0.3 is 0 Å². The normalized spacial score (nSPS) is 37.9. The summed E-state index contributed by atoms with van der Waals surface area (Å²) in [6, 6.07) is 0. The molecule has 0 radical (unpaired) electrons. The SMILES string of the molecule is CCCCCCCC[C@H]1CC[C@H]2[C@@H]3CC=C4C[C@@H](SC(=O)[C@H](Cl)CCCCC)CC[C@]4(C)[C@H]3CC[C@]12C. The first-order chi connectivity index (χ1) is 17.8. The van der Waals surface area contributed by atoms with Gasteiger partial charge in [-0.2, -0.15) is 0 Å². The fraction of sp³-hybridized carbons (Fsp3) is 0.912. The average Bonchev–Trinajstić information content (AvgIpc) is 3.22. The van der Waals surface area contributed by atoms with Crippen LogP contribution in [0.2, 0.25) is 0 Å². The summed E-state index contributed by atoms with van der Waals surface area (Å²) >= 11 is 8.08. The van der Waals surface area contributed by atoms with E-state index in [9.17, 15) is 4.79 Å². The van der Waals surface area contributed by atoms with Gasteiger partial charge in [-0.1, -0.05) is 109 Å². The molecular formula is C34H57ClOS. The van der Waals surface area contributed by atoms with Crippen molar-refractivity contribution in [3.8, 4) is 0 Å². The molecule has 0 aliphatic heterocycles. The maximum absolute atomic E-state index is 12.8. The van der Waals surface area contributed by atoms with Crippen LogP contribution in [-0.4, -0.2) is 15.7 Å². The fourth-order valence-electron chi connectivity index (χ4n) is 9.41. The lowest BCUT2D eigenvalue weighted by Gasteiger charge is -2.58. The molecule has 0 bridgehead atoms. The topological polar surface area (TPSA) is 17.1 Å². The van der Waals surface area contributed by atoms with E-state index in [0.717, 1.165) is 42.9 Å². The van der Waals surface area contributed by atoms with Crippen molar-refractivity contribution in [2.75, 3.05) is 0 Å². The third-order valence-electron chi connectivity index (χ3n) is 11.8. The van der Waals surface area contributed by atoms with Crippen molar-refractivity contribution in [2.45, 2.75) is 160 Å². The van der Waals surface area contributed by atoms with Crippen molar-refractivity contribution < 1.29 is 4.79 Å². The third kappa shape index (κ3) is 6.69. The number of alkyl halides is 1. The fourth-order valence-corrected chi connectivity index (χ4v) is 10.8. The van der Waals surface area contributed by atoms with E-state index in [1.54, 1.807) is 17.3 Å². The van der Waals surface area contributed by atoms with Crippen molar-refractivity contribution in [3.05, 3.63) is 11.6 Å². The van der Waals surface area contributed by atoms with Crippen LogP contribution in [0.5, 0.6) is 0 Å². The Labute approximate surface area is 239 Å². The van der Waals surface area contributed by atoms with Crippen LogP contribution >= 0.6 is 23.4 Å². The molecule has 4 aliphatic rings. The molecule has 3 heteroatoms. The van der Waals surface area contributed by atoms with Gasteiger partial charge in [0.1, 0.15) is 5.38 Å². The molecule has 4 rings (SSSR count). The number of halogens is 1. The highest BCUT2D eigenvalue weighted by atomic mass is 35.5. The number of hydrogen-bond donors (Lipinski definition) is 0. The van der Waals surface area contributed by atoms with Crippen molar-refractivity contribution >= 4 is 28.5 Å². The lowest BCUT2D eigenvalue weighted by atomic mass is 9.47. The molecule has 0 aromatic rings. The molecule has 8 atom stereocenters. The number of hydrogen-bond acceptors (Lipinski definition) is 2. The van der Waals surface area contributed by atoms with Crippen molar-refractivity contribution in [3.63, 3.8) is 0 Å². The number of fused-ring (bicyclic) bond motifs is 5. The summed E-state index contributed by atoms with van der Waals surface area (Å²) in [5, 5.41) is 0.381. The van der Waals surface area contributed by atoms with Gasteiger partial charge < -0.3 is 0 Å². The lowest BCUT2D eigenvalue weighted by molar-refractivity contribution is -0.110. The zero-order valence-electron chi connectivity index (χ0n) is 24.7. The summed E-state index contributed by atoms with van der Waals surface area (Å²) in [4.78, 5) is 12.8. The van der Waals surface area contributed by atoms with Gasteiger partial charge in [0.25, 0.3) is 0 Å². The highest BCUT2D eigenvalue weighted by molar-refractivity contribution is 8.14. The molecule has 0 saturated heterocycles. The van der Waals surface area contributed by atoms with Crippen LogP contribution < -0.4 is 0 Å². The molecule has 37 heavy (non-hydrogen) atoms. The van der Waals surface area contributed by atoms with Gasteiger partial charge in [-0.3, -0.25) is 4.79 Å². The Balaban J connectivity index is 1.32. The van der Waals surface area contributed by atoms with E-state index in [2.05, 4.69) is 33.8 Å². The molecular weight excluding hydrogens is 492 g/mol. The van der Waals surface area contributed by atoms with E-state index < -0.39 is 0 Å². The molecule has 4 aliphatic carbocycles. The molecule has 0 amide bonds. The molecule has 3 fully saturated rings. The minimum absolute atomic E-state index is 0.233. The Morgan fingerprint density at radius 1 is 0.946 bits per heavy atom. The highest BCUT2D eigenvalue weighted by Gasteiger charge is 2.58. The summed E-state index contributed by atoms with van der Waals surface area (Å²) in [5.74, 6) is 3.69. The predicted molar refractivity (Wildman–Crippen MR) is 163 cm³/mol. The molecule has 0 spiro atoms. The van der Waals surface area contributed by atoms with Crippen molar-refractivity contribution in [2.24, 2.45) is 34.5 Å². The standard InChI is InChI=1S/C34H57ClOS/c1-5-7-9-10-11-13-14-25-17-19-29-28-18-16-26-24-27(37-32(36)31(35)15-12-8-6-2)20-22-34(26,4)30(28)21-23-33(25,29)3/h16,25,27-31H,5-15,17-24H2,1-4H3/t25-,27-,28-,29-,30-,31+,33+,34-/m0/s1. The van der Waals surface area contributed by atoms with E-state index in [0.29, 0.717) is 16.1 Å². The first-order valence-corrected chi connectivity index (χ1v) is 17.7. The van der Waals surface area contributed by atoms with E-state index in [-0.39, 0.29) is 10.5 Å². The van der Waals surface area contributed by atoms with E-state index in [4.69, 9.17) is 11.6 Å². The second kappa shape index (κ2) is 13.6. The molecule has 0 unspecified atom stereocenters. The number of unbranched alkanes of at least 4 members (excludes halogenated alkanes) is 7. The molecule has 0 aromatic carbocycles. The Kier molecular flexibility index (Phi) is 11.0. The third-order valence-corrected chi connectivity index (χ3v) is 13.6. The van der Waals surface area contributed by atoms with Crippen molar-refractivity contribution in [1.82, 2.24) is 0 Å². The van der Waals surface area contributed by atoms with Gasteiger partial charge in [-0.15, -0.1) is 11.6 Å². The minimum atomic E-state index is -0.294. The van der Waals surface area contributed by atoms with Crippen LogP contribution in [0.25, 0.3) is 0 Å². The van der Waals surface area contributed by atoms with Gasteiger partial charge in [0.15, 0.2) is 0 Å². The zero-order valence-corrected chi connectivity index (χ0v) is 26.2. The number of thioether (sulfide) groups is 1. The predicted octanol–water partition coefficient (Wildman–Crippen LogP) is 11.1. The Morgan fingerprint density at radius 2 is 1.68 bits per heavy atom. The summed E-state index contributed by atoms with van der Waals surface area (Å²) < 4.78 is 0. The first-order valence-electron chi connectivity index (χ1n) is 16.4. The summed E-state index contributed by atoms with van der Waals surface area (Å²) in [6.07, 6.45) is 27.8. The van der Waals surface area contributed by atoms with Gasteiger partial charge in [0.05, 0.1) is 0 Å². The first kappa shape index (κ1) is 30.0. The Hall–Kier alpha value is 0.0500. The quantitative estimate of drug-likeness (QED) is 0.129. The maximum Gasteiger partial charge on any atom is 0.207 e. The average molecular weight is 549 g/mol. The van der Waals surface area contributed by atoms with Gasteiger partial charge in [0.2, 0.25) is 5.12 Å². The molecule has 0 N–H and O–H groups in total. The van der Waals surface area contributed by atoms with Gasteiger partial charge in [-0.05, 0) is 98.7 Å². The van der Waals surface area contributed by atoms with E-state index in [1.807, 2.05) is 0 Å². The van der Waals surface area contributed by atoms with Crippen LogP contribution in [0, 0.1) is 34.5 Å². The largest absolute Gasteiger partial charge is 0.286 e. The Bertz CT molecular complexity index is 778. The maximum atomic E-state index is 12.8. The smallest absolute Gasteiger partial charge is 0.207 e. The molecule has 1 nitrogen and oxygen atoms in total. The molecule has 0 aromatic heterocycles. The number of carbonyl (C=O) groups is 1. The van der Waals surface area contributed by atoms with Crippen LogP contribution in [0.1, 0.15) is 150 Å². The summed E-state index contributed by atoms with van der Waals surface area (Å²) in [6.45, 7) is 9.83. The molecule has 3 saturated carbocycles. The Morgan fingerprint density at radius 3 is 2.46 bits per heavy atom. The highest BCUT2D eigenvalue weighted by Crippen LogP contribution is 2.67. The number of carbonyl (C=O) groups excluding carboxylic acids is 1. The minimum Gasteiger partial charge on any atom is -0.286 e. The van der Waals surface area contributed by atoms with E-state index >= 15 is 0 Å². The second-order valence-corrected chi connectivity index (χ2v) is 15.7. The van der Waals surface area contributed by atoms with Crippen molar-refractivity contribution in [1.29, 1.82) is 0 Å². The monoisotopic (exact) mass is 548 g/mol. The second-order valence-electron chi connectivity index (χ2n) is 13.9. The summed E-state index contributed by atoms with van der Waals surface area (Å²) in [5.41, 5.74) is 2.68. The van der Waals surface area contributed by atoms with Crippen LogP contribution in [0.15, 0.2) is 11.6 Å². The van der Waals surface area contributed by atoms with Crippen LogP contribution in [0.3, 0.4) is 0 Å². The summed E-state index contributed by atoms with van der Waals surface area (Å²) in [7, 11) is 0. The number of rotatable bonds is 13. The molecule has 0 heterocycles. The van der Waals surface area contributed by atoms with Crippen LogP contribution in [-0.2, 0) is 4.79 Å². The van der Waals surface area contributed by atoms with Gasteiger partial charge in [-0.25, -0.2) is 0 Å².